The summed E-state index contributed by atoms with van der Waals surface area (Å²) in [4.78, 5) is 0. The highest BCUT2D eigenvalue weighted by atomic mass is 14.5. The Morgan fingerprint density at radius 1 is 1.20 bits per heavy atom. The molecular weight excluding hydrogens is 122 g/mol. The van der Waals surface area contributed by atoms with E-state index in [0.29, 0.717) is 0 Å². The van der Waals surface area contributed by atoms with Gasteiger partial charge in [-0.15, -0.1) is 0 Å². The molecule has 0 saturated heterocycles. The van der Waals surface area contributed by atoms with Crippen LogP contribution in [0.15, 0.2) is 0 Å². The SMILES string of the molecule is CC[C@H](C)CCCCCN. The number of nitrogens with two attached hydrogens (primary N) is 1. The lowest BCUT2D eigenvalue weighted by atomic mass is 10.0. The topological polar surface area (TPSA) is 26.0 Å². The molecule has 10 heavy (non-hydrogen) atoms. The van der Waals surface area contributed by atoms with Crippen molar-refractivity contribution in [3.63, 3.8) is 0 Å². The van der Waals surface area contributed by atoms with Gasteiger partial charge < -0.3 is 5.73 Å². The van der Waals surface area contributed by atoms with E-state index in [9.17, 15) is 0 Å². The predicted octanol–water partition coefficient (Wildman–Crippen LogP) is 2.55. The normalized spacial score (nSPS) is 13.5. The number of hydrogen-bond donors (Lipinski definition) is 1. The van der Waals surface area contributed by atoms with Gasteiger partial charge in [-0.25, -0.2) is 0 Å². The summed E-state index contributed by atoms with van der Waals surface area (Å²) >= 11 is 0. The van der Waals surface area contributed by atoms with Crippen LogP contribution in [0, 0.1) is 5.92 Å². The number of unbranched alkanes of at least 4 members (excludes halogenated alkanes) is 2. The Kier molecular flexibility index (Phi) is 7.04. The van der Waals surface area contributed by atoms with E-state index < -0.39 is 0 Å². The second-order valence-corrected chi connectivity index (χ2v) is 3.15. The summed E-state index contributed by atoms with van der Waals surface area (Å²) in [5, 5.41) is 0. The van der Waals surface area contributed by atoms with Gasteiger partial charge in [0.2, 0.25) is 0 Å². The van der Waals surface area contributed by atoms with E-state index in [1.165, 1.54) is 32.1 Å². The van der Waals surface area contributed by atoms with Crippen LogP contribution in [0.3, 0.4) is 0 Å². The minimum atomic E-state index is 0.862. The van der Waals surface area contributed by atoms with Gasteiger partial charge in [0, 0.05) is 0 Å². The molecule has 0 unspecified atom stereocenters. The molecule has 0 aliphatic carbocycles. The predicted molar refractivity (Wildman–Crippen MR) is 47.0 cm³/mol. The molecule has 0 saturated carbocycles. The maximum Gasteiger partial charge on any atom is -0.00773 e. The Morgan fingerprint density at radius 3 is 2.40 bits per heavy atom. The smallest absolute Gasteiger partial charge is 0.00773 e. The summed E-state index contributed by atoms with van der Waals surface area (Å²) < 4.78 is 0. The highest BCUT2D eigenvalue weighted by Gasteiger charge is 1.96. The molecule has 0 rings (SSSR count). The molecule has 62 valence electrons. The van der Waals surface area contributed by atoms with Gasteiger partial charge in [-0.05, 0) is 18.9 Å². The number of hydrogen-bond acceptors (Lipinski definition) is 1. The molecule has 2 N–H and O–H groups in total. The van der Waals surface area contributed by atoms with Crippen LogP contribution in [-0.2, 0) is 0 Å². The van der Waals surface area contributed by atoms with Gasteiger partial charge in [-0.2, -0.15) is 0 Å². The van der Waals surface area contributed by atoms with E-state index in [4.69, 9.17) is 5.73 Å². The fourth-order valence-corrected chi connectivity index (χ4v) is 1.02. The molecule has 0 aliphatic heterocycles. The minimum Gasteiger partial charge on any atom is -0.330 e. The third kappa shape index (κ3) is 6.09. The van der Waals surface area contributed by atoms with Gasteiger partial charge in [0.05, 0.1) is 0 Å². The van der Waals surface area contributed by atoms with Crippen molar-refractivity contribution in [1.29, 1.82) is 0 Å². The van der Waals surface area contributed by atoms with E-state index in [0.717, 1.165) is 12.5 Å². The van der Waals surface area contributed by atoms with Crippen LogP contribution in [0.4, 0.5) is 0 Å². The molecule has 0 aromatic rings. The Balaban J connectivity index is 2.89. The second-order valence-electron chi connectivity index (χ2n) is 3.15. The quantitative estimate of drug-likeness (QED) is 0.568. The van der Waals surface area contributed by atoms with Gasteiger partial charge in [-0.3, -0.25) is 0 Å². The lowest BCUT2D eigenvalue weighted by Crippen LogP contribution is -1.98. The summed E-state index contributed by atoms with van der Waals surface area (Å²) in [5.74, 6) is 0.915. The molecule has 1 heteroatoms. The monoisotopic (exact) mass is 143 g/mol. The molecule has 0 amide bonds. The zero-order valence-electron chi connectivity index (χ0n) is 7.40. The summed E-state index contributed by atoms with van der Waals surface area (Å²) in [6.07, 6.45) is 6.60. The Labute approximate surface area is 65.0 Å². The molecule has 1 nitrogen and oxygen atoms in total. The highest BCUT2D eigenvalue weighted by molar-refractivity contribution is 4.50. The molecule has 0 fully saturated rings. The first-order valence-corrected chi connectivity index (χ1v) is 4.51. The average molecular weight is 143 g/mol. The summed E-state index contributed by atoms with van der Waals surface area (Å²) in [7, 11) is 0. The summed E-state index contributed by atoms with van der Waals surface area (Å²) in [6, 6.07) is 0. The van der Waals surface area contributed by atoms with Crippen LogP contribution in [0.25, 0.3) is 0 Å². The van der Waals surface area contributed by atoms with E-state index in [-0.39, 0.29) is 0 Å². The molecule has 0 spiro atoms. The van der Waals surface area contributed by atoms with Gasteiger partial charge in [0.1, 0.15) is 0 Å². The van der Waals surface area contributed by atoms with E-state index in [1.807, 2.05) is 0 Å². The standard InChI is InChI=1S/C9H21N/c1-3-9(2)7-5-4-6-8-10/h9H,3-8,10H2,1-2H3/t9-/m0/s1. The van der Waals surface area contributed by atoms with Gasteiger partial charge in [0.25, 0.3) is 0 Å². The minimum absolute atomic E-state index is 0.862. The van der Waals surface area contributed by atoms with E-state index >= 15 is 0 Å². The lowest BCUT2D eigenvalue weighted by molar-refractivity contribution is 0.480. The van der Waals surface area contributed by atoms with Crippen molar-refractivity contribution in [1.82, 2.24) is 0 Å². The molecule has 0 aromatic heterocycles. The third-order valence-corrected chi connectivity index (χ3v) is 2.10. The van der Waals surface area contributed by atoms with Crippen LogP contribution >= 0.6 is 0 Å². The van der Waals surface area contributed by atoms with Crippen molar-refractivity contribution >= 4 is 0 Å². The zero-order chi connectivity index (χ0) is 7.82. The van der Waals surface area contributed by atoms with Crippen LogP contribution in [0.1, 0.15) is 46.0 Å². The van der Waals surface area contributed by atoms with Crippen LogP contribution in [0.2, 0.25) is 0 Å². The average Bonchev–Trinajstić information content (AvgIpc) is 1.98. The van der Waals surface area contributed by atoms with Crippen molar-refractivity contribution < 1.29 is 0 Å². The van der Waals surface area contributed by atoms with Crippen molar-refractivity contribution in [2.24, 2.45) is 11.7 Å². The van der Waals surface area contributed by atoms with E-state index in [1.54, 1.807) is 0 Å². The Bertz CT molecular complexity index is 61.7. The largest absolute Gasteiger partial charge is 0.330 e. The van der Waals surface area contributed by atoms with Crippen molar-refractivity contribution in [2.45, 2.75) is 46.0 Å². The van der Waals surface area contributed by atoms with Crippen molar-refractivity contribution in [3.8, 4) is 0 Å². The van der Waals surface area contributed by atoms with Gasteiger partial charge >= 0.3 is 0 Å². The highest BCUT2D eigenvalue weighted by Crippen LogP contribution is 2.11. The molecule has 1 atom stereocenters. The number of rotatable bonds is 6. The van der Waals surface area contributed by atoms with Crippen molar-refractivity contribution in [2.75, 3.05) is 6.54 Å². The van der Waals surface area contributed by atoms with Gasteiger partial charge in [0.15, 0.2) is 0 Å². The molecular formula is C9H21N. The fourth-order valence-electron chi connectivity index (χ4n) is 1.02. The fraction of sp³-hybridized carbons (Fsp3) is 1.00. The maximum atomic E-state index is 5.38. The van der Waals surface area contributed by atoms with Crippen molar-refractivity contribution in [3.05, 3.63) is 0 Å². The molecule has 0 heterocycles. The molecule has 0 aromatic carbocycles. The molecule has 0 aliphatic rings. The Hall–Kier alpha value is -0.0400. The molecule has 0 radical (unpaired) electrons. The first-order valence-electron chi connectivity index (χ1n) is 4.51. The summed E-state index contributed by atoms with van der Waals surface area (Å²) in [6.45, 7) is 5.44. The second kappa shape index (κ2) is 7.07. The first-order chi connectivity index (χ1) is 4.81. The van der Waals surface area contributed by atoms with Crippen LogP contribution in [-0.4, -0.2) is 6.54 Å². The molecule has 0 bridgehead atoms. The van der Waals surface area contributed by atoms with Crippen LogP contribution < -0.4 is 5.73 Å². The maximum absolute atomic E-state index is 5.38. The van der Waals surface area contributed by atoms with E-state index in [2.05, 4.69) is 13.8 Å². The zero-order valence-corrected chi connectivity index (χ0v) is 7.40. The van der Waals surface area contributed by atoms with Crippen LogP contribution in [0.5, 0.6) is 0 Å². The summed E-state index contributed by atoms with van der Waals surface area (Å²) in [5.41, 5.74) is 5.38. The third-order valence-electron chi connectivity index (χ3n) is 2.10. The van der Waals surface area contributed by atoms with Gasteiger partial charge in [-0.1, -0.05) is 39.5 Å². The lowest BCUT2D eigenvalue weighted by Gasteiger charge is -2.06. The Morgan fingerprint density at radius 2 is 1.90 bits per heavy atom. The first kappa shape index (κ1) is 9.96.